The highest BCUT2D eigenvalue weighted by molar-refractivity contribution is 7.99. The number of amides is 1. The summed E-state index contributed by atoms with van der Waals surface area (Å²) in [5.74, 6) is -0.828. The highest BCUT2D eigenvalue weighted by Crippen LogP contribution is 2.44. The lowest BCUT2D eigenvalue weighted by molar-refractivity contribution is -0.149. The summed E-state index contributed by atoms with van der Waals surface area (Å²) in [5, 5.41) is 0.0503. The van der Waals surface area contributed by atoms with E-state index in [1.807, 2.05) is 26.0 Å². The van der Waals surface area contributed by atoms with Crippen LogP contribution in [0.4, 0.5) is 4.39 Å². The first-order valence-corrected chi connectivity index (χ1v) is 10.4. The number of ether oxygens (including phenoxy) is 1. The van der Waals surface area contributed by atoms with Gasteiger partial charge in [0.2, 0.25) is 0 Å². The first kappa shape index (κ1) is 20.7. The van der Waals surface area contributed by atoms with E-state index in [0.29, 0.717) is 10.8 Å². The number of thioether (sulfide) groups is 1. The molecule has 0 spiro atoms. The number of esters is 1. The third-order valence-corrected chi connectivity index (χ3v) is 5.96. The smallest absolute Gasteiger partial charge is 0.329 e. The molecule has 1 aliphatic rings. The minimum Gasteiger partial charge on any atom is -0.464 e. The molecule has 4 nitrogen and oxygen atoms in total. The molecular weight excluding hydrogens is 401 g/mol. The van der Waals surface area contributed by atoms with Crippen molar-refractivity contribution in [3.63, 3.8) is 0 Å². The molecule has 28 heavy (non-hydrogen) atoms. The largest absolute Gasteiger partial charge is 0.464 e. The van der Waals surface area contributed by atoms with E-state index in [9.17, 15) is 14.0 Å². The van der Waals surface area contributed by atoms with E-state index in [1.54, 1.807) is 12.1 Å². The highest BCUT2D eigenvalue weighted by Gasteiger charge is 2.44. The van der Waals surface area contributed by atoms with Crippen LogP contribution in [-0.2, 0) is 9.53 Å². The van der Waals surface area contributed by atoms with E-state index in [4.69, 9.17) is 16.3 Å². The Bertz CT molecular complexity index is 876. The van der Waals surface area contributed by atoms with Gasteiger partial charge in [-0.05, 0) is 30.2 Å². The van der Waals surface area contributed by atoms with Gasteiger partial charge in [0.25, 0.3) is 5.91 Å². The van der Waals surface area contributed by atoms with Gasteiger partial charge in [-0.1, -0.05) is 49.7 Å². The SMILES string of the molecule is CC(C)COC(=O)C1CSC(c2ccccc2Cl)N1C(=O)c1cccc(F)c1. The van der Waals surface area contributed by atoms with Crippen LogP contribution in [-0.4, -0.2) is 35.2 Å². The molecule has 2 atom stereocenters. The third-order valence-electron chi connectivity index (χ3n) is 4.31. The Hall–Kier alpha value is -2.05. The van der Waals surface area contributed by atoms with Crippen LogP contribution >= 0.6 is 23.4 Å². The van der Waals surface area contributed by atoms with Crippen molar-refractivity contribution < 1.29 is 18.7 Å². The van der Waals surface area contributed by atoms with Crippen LogP contribution in [0.5, 0.6) is 0 Å². The zero-order valence-corrected chi connectivity index (χ0v) is 17.2. The molecule has 0 aliphatic carbocycles. The molecule has 1 amide bonds. The van der Waals surface area contributed by atoms with Crippen molar-refractivity contribution in [1.29, 1.82) is 0 Å². The molecule has 2 aromatic rings. The topological polar surface area (TPSA) is 46.6 Å². The van der Waals surface area contributed by atoms with E-state index < -0.39 is 29.1 Å². The Kier molecular flexibility index (Phi) is 6.62. The maximum atomic E-state index is 13.7. The summed E-state index contributed by atoms with van der Waals surface area (Å²) in [6.07, 6.45) is 0. The van der Waals surface area contributed by atoms with E-state index in [1.165, 1.54) is 40.9 Å². The van der Waals surface area contributed by atoms with Crippen LogP contribution in [0, 0.1) is 11.7 Å². The van der Waals surface area contributed by atoms with Crippen molar-refractivity contribution in [3.8, 4) is 0 Å². The lowest BCUT2D eigenvalue weighted by Gasteiger charge is -2.29. The van der Waals surface area contributed by atoms with Gasteiger partial charge in [-0.25, -0.2) is 9.18 Å². The number of hydrogen-bond acceptors (Lipinski definition) is 4. The van der Waals surface area contributed by atoms with E-state index in [-0.39, 0.29) is 18.1 Å². The molecule has 0 N–H and O–H groups in total. The summed E-state index contributed by atoms with van der Waals surface area (Å²) in [6, 6.07) is 11.9. The number of carbonyl (C=O) groups is 2. The average molecular weight is 422 g/mol. The molecule has 1 saturated heterocycles. The summed E-state index contributed by atoms with van der Waals surface area (Å²) in [4.78, 5) is 27.4. The molecule has 148 valence electrons. The first-order chi connectivity index (χ1) is 13.4. The predicted molar refractivity (Wildman–Crippen MR) is 109 cm³/mol. The maximum absolute atomic E-state index is 13.7. The third kappa shape index (κ3) is 4.50. The number of nitrogens with zero attached hydrogens (tertiary/aromatic N) is 1. The Morgan fingerprint density at radius 3 is 2.68 bits per heavy atom. The number of halogens is 2. The monoisotopic (exact) mass is 421 g/mol. The molecule has 1 aliphatic heterocycles. The Morgan fingerprint density at radius 1 is 1.25 bits per heavy atom. The van der Waals surface area contributed by atoms with Crippen LogP contribution in [0.15, 0.2) is 48.5 Å². The minimum atomic E-state index is -0.763. The van der Waals surface area contributed by atoms with Crippen LogP contribution in [0.25, 0.3) is 0 Å². The fourth-order valence-corrected chi connectivity index (χ4v) is 4.72. The summed E-state index contributed by atoms with van der Waals surface area (Å²) < 4.78 is 19.1. The van der Waals surface area contributed by atoms with Crippen molar-refractivity contribution in [1.82, 2.24) is 4.90 Å². The van der Waals surface area contributed by atoms with E-state index >= 15 is 0 Å². The molecule has 2 aromatic carbocycles. The molecule has 1 fully saturated rings. The van der Waals surface area contributed by atoms with Gasteiger partial charge in [0.1, 0.15) is 17.2 Å². The van der Waals surface area contributed by atoms with Gasteiger partial charge in [0, 0.05) is 21.9 Å². The molecular formula is C21H21ClFNO3S. The maximum Gasteiger partial charge on any atom is 0.329 e. The zero-order valence-electron chi connectivity index (χ0n) is 15.6. The summed E-state index contributed by atoms with van der Waals surface area (Å²) in [6.45, 7) is 4.16. The molecule has 2 unspecified atom stereocenters. The van der Waals surface area contributed by atoms with Crippen molar-refractivity contribution in [2.24, 2.45) is 5.92 Å². The standard InChI is InChI=1S/C21H21ClFNO3S/c1-13(2)11-27-21(26)18-12-28-20(16-8-3-4-9-17(16)22)24(18)19(25)14-6-5-7-15(23)10-14/h3-10,13,18,20H,11-12H2,1-2H3. The Morgan fingerprint density at radius 2 is 2.00 bits per heavy atom. The van der Waals surface area contributed by atoms with Crippen molar-refractivity contribution in [3.05, 3.63) is 70.5 Å². The Labute approximate surface area is 173 Å². The van der Waals surface area contributed by atoms with Crippen LogP contribution < -0.4 is 0 Å². The summed E-state index contributed by atoms with van der Waals surface area (Å²) in [7, 11) is 0. The van der Waals surface area contributed by atoms with Gasteiger partial charge in [-0.2, -0.15) is 0 Å². The highest BCUT2D eigenvalue weighted by atomic mass is 35.5. The number of benzene rings is 2. The second kappa shape index (κ2) is 8.97. The molecule has 0 bridgehead atoms. The summed E-state index contributed by atoms with van der Waals surface area (Å²) in [5.41, 5.74) is 0.916. The first-order valence-electron chi connectivity index (χ1n) is 8.99. The number of carbonyl (C=O) groups excluding carboxylic acids is 2. The lowest BCUT2D eigenvalue weighted by Crippen LogP contribution is -2.44. The van der Waals surface area contributed by atoms with E-state index in [2.05, 4.69) is 0 Å². The second-order valence-corrected chi connectivity index (χ2v) is 8.49. The molecule has 0 radical (unpaired) electrons. The van der Waals surface area contributed by atoms with Crippen molar-refractivity contribution in [2.75, 3.05) is 12.4 Å². The second-order valence-electron chi connectivity index (χ2n) is 6.97. The average Bonchev–Trinajstić information content (AvgIpc) is 3.10. The molecule has 0 aromatic heterocycles. The van der Waals surface area contributed by atoms with Crippen LogP contribution in [0.3, 0.4) is 0 Å². The van der Waals surface area contributed by atoms with Gasteiger partial charge in [0.15, 0.2) is 0 Å². The van der Waals surface area contributed by atoms with Gasteiger partial charge in [-0.3, -0.25) is 4.79 Å². The quantitative estimate of drug-likeness (QED) is 0.642. The van der Waals surface area contributed by atoms with E-state index in [0.717, 1.165) is 5.56 Å². The lowest BCUT2D eigenvalue weighted by atomic mass is 10.1. The fraction of sp³-hybridized carbons (Fsp3) is 0.333. The van der Waals surface area contributed by atoms with Gasteiger partial charge >= 0.3 is 5.97 Å². The molecule has 3 rings (SSSR count). The zero-order chi connectivity index (χ0) is 20.3. The molecule has 0 saturated carbocycles. The number of rotatable bonds is 5. The van der Waals surface area contributed by atoms with Crippen molar-refractivity contribution >= 4 is 35.2 Å². The van der Waals surface area contributed by atoms with Gasteiger partial charge < -0.3 is 9.64 Å². The van der Waals surface area contributed by atoms with Gasteiger partial charge in [-0.15, -0.1) is 11.8 Å². The predicted octanol–water partition coefficient (Wildman–Crippen LogP) is 4.93. The molecule has 1 heterocycles. The minimum absolute atomic E-state index is 0.182. The van der Waals surface area contributed by atoms with Crippen molar-refractivity contribution in [2.45, 2.75) is 25.3 Å². The molecule has 7 heteroatoms. The summed E-state index contributed by atoms with van der Waals surface area (Å²) >= 11 is 7.79. The van der Waals surface area contributed by atoms with Gasteiger partial charge in [0.05, 0.1) is 6.61 Å². The van der Waals surface area contributed by atoms with Crippen LogP contribution in [0.2, 0.25) is 5.02 Å². The van der Waals surface area contributed by atoms with Crippen LogP contribution in [0.1, 0.15) is 35.1 Å². The fourth-order valence-electron chi connectivity index (χ4n) is 2.97. The Balaban J connectivity index is 1.96. The number of hydrogen-bond donors (Lipinski definition) is 0. The normalized spacial score (nSPS) is 19.1.